The molecular formula is C23H27N7O4S. The highest BCUT2D eigenvalue weighted by molar-refractivity contribution is 7.17. The van der Waals surface area contributed by atoms with Crippen LogP contribution in [-0.4, -0.2) is 80.9 Å². The summed E-state index contributed by atoms with van der Waals surface area (Å²) in [5.41, 5.74) is 2.38. The number of benzene rings is 1. The monoisotopic (exact) mass is 497 g/mol. The molecule has 1 fully saturated rings. The molecule has 0 radical (unpaired) electrons. The number of aromatic hydroxyl groups is 2. The molecular weight excluding hydrogens is 470 g/mol. The van der Waals surface area contributed by atoms with Gasteiger partial charge in [-0.25, -0.2) is 9.78 Å². The topological polar surface area (TPSA) is 138 Å². The van der Waals surface area contributed by atoms with Crippen molar-refractivity contribution in [2.24, 2.45) is 0 Å². The van der Waals surface area contributed by atoms with Gasteiger partial charge in [-0.1, -0.05) is 11.3 Å². The minimum atomic E-state index is -1.01. The van der Waals surface area contributed by atoms with E-state index in [0.29, 0.717) is 36.3 Å². The van der Waals surface area contributed by atoms with Crippen LogP contribution >= 0.6 is 11.3 Å². The molecule has 0 atom stereocenters. The summed E-state index contributed by atoms with van der Waals surface area (Å²) in [5, 5.41) is 32.7. The molecule has 2 aliphatic rings. The molecule has 1 aromatic carbocycles. The predicted octanol–water partition coefficient (Wildman–Crippen LogP) is 2.41. The number of phenolic OH excluding ortho intramolecular Hbond substituents is 2. The predicted molar refractivity (Wildman–Crippen MR) is 133 cm³/mol. The van der Waals surface area contributed by atoms with E-state index in [2.05, 4.69) is 32.0 Å². The first-order chi connectivity index (χ1) is 16.8. The van der Waals surface area contributed by atoms with Gasteiger partial charge in [-0.05, 0) is 43.7 Å². The molecule has 0 unspecified atom stereocenters. The molecule has 3 aromatic rings. The molecule has 11 nitrogen and oxygen atoms in total. The van der Waals surface area contributed by atoms with Crippen LogP contribution in [0.3, 0.4) is 0 Å². The highest BCUT2D eigenvalue weighted by Crippen LogP contribution is 2.34. The van der Waals surface area contributed by atoms with E-state index in [-0.39, 0.29) is 16.4 Å². The van der Waals surface area contributed by atoms with Crippen molar-refractivity contribution in [2.45, 2.75) is 19.9 Å². The van der Waals surface area contributed by atoms with Gasteiger partial charge in [0.2, 0.25) is 5.95 Å². The van der Waals surface area contributed by atoms with Gasteiger partial charge in [0.1, 0.15) is 16.5 Å². The third kappa shape index (κ3) is 4.80. The molecule has 2 aliphatic heterocycles. The van der Waals surface area contributed by atoms with Crippen LogP contribution in [-0.2, 0) is 13.0 Å². The van der Waals surface area contributed by atoms with Crippen molar-refractivity contribution in [1.29, 1.82) is 0 Å². The van der Waals surface area contributed by atoms with Crippen molar-refractivity contribution in [3.63, 3.8) is 0 Å². The van der Waals surface area contributed by atoms with E-state index < -0.39 is 5.97 Å². The molecule has 0 bridgehead atoms. The Morgan fingerprint density at radius 1 is 0.943 bits per heavy atom. The molecule has 0 saturated carbocycles. The second kappa shape index (κ2) is 9.19. The first-order valence-corrected chi connectivity index (χ1v) is 12.2. The van der Waals surface area contributed by atoms with Crippen LogP contribution in [0.5, 0.6) is 11.5 Å². The van der Waals surface area contributed by atoms with E-state index in [1.54, 1.807) is 19.1 Å². The Balaban J connectivity index is 1.48. The highest BCUT2D eigenvalue weighted by atomic mass is 32.1. The molecule has 0 aliphatic carbocycles. The molecule has 0 amide bonds. The number of carbonyl (C=O) groups is 1. The van der Waals surface area contributed by atoms with Crippen molar-refractivity contribution >= 4 is 40.0 Å². The zero-order valence-corrected chi connectivity index (χ0v) is 20.3. The summed E-state index contributed by atoms with van der Waals surface area (Å²) in [4.78, 5) is 32.0. The number of nitrogens with zero attached hydrogens (tertiary/aromatic N) is 6. The Hall–Kier alpha value is -3.64. The number of thiazole rings is 1. The second-order valence-electron chi connectivity index (χ2n) is 8.84. The lowest BCUT2D eigenvalue weighted by molar-refractivity contribution is 0.0701. The lowest BCUT2D eigenvalue weighted by atomic mass is 9.99. The van der Waals surface area contributed by atoms with Crippen molar-refractivity contribution in [1.82, 2.24) is 19.9 Å². The Morgan fingerprint density at radius 2 is 1.60 bits per heavy atom. The number of aryl methyl sites for hydroxylation is 1. The molecule has 0 spiro atoms. The SMILES string of the molecule is Cc1nc(Nc2nc(N3CCN(C)CC3)cc(N3CCc4cc(O)c(O)cc4C3)n2)sc1C(=O)O. The van der Waals surface area contributed by atoms with Crippen molar-refractivity contribution in [2.75, 3.05) is 54.9 Å². The normalized spacial score (nSPS) is 16.3. The molecule has 2 aromatic heterocycles. The first-order valence-electron chi connectivity index (χ1n) is 11.4. The number of hydrogen-bond acceptors (Lipinski definition) is 11. The summed E-state index contributed by atoms with van der Waals surface area (Å²) >= 11 is 1.05. The number of carboxylic acid groups (broad SMARTS) is 1. The Kier molecular flexibility index (Phi) is 6.07. The lowest BCUT2D eigenvalue weighted by Crippen LogP contribution is -2.45. The molecule has 35 heavy (non-hydrogen) atoms. The Bertz CT molecular complexity index is 1270. The van der Waals surface area contributed by atoms with E-state index in [0.717, 1.165) is 60.3 Å². The summed E-state index contributed by atoms with van der Waals surface area (Å²) in [6, 6.07) is 5.19. The highest BCUT2D eigenvalue weighted by Gasteiger charge is 2.24. The van der Waals surface area contributed by atoms with E-state index in [1.807, 2.05) is 6.07 Å². The standard InChI is InChI=1S/C23H27N7O4S/c1-13-20(21(33)34)35-23(24-13)27-22-25-18(29-7-5-28(2)6-8-29)11-19(26-22)30-4-3-14-9-16(31)17(32)10-15(14)12-30/h9-11,31-32H,3-8,12H2,1-2H3,(H,33,34)(H,24,25,26,27). The van der Waals surface area contributed by atoms with E-state index >= 15 is 0 Å². The van der Waals surface area contributed by atoms with Gasteiger partial charge in [0.15, 0.2) is 16.6 Å². The Labute approximate surface area is 206 Å². The summed E-state index contributed by atoms with van der Waals surface area (Å²) in [6.07, 6.45) is 0.702. The first kappa shape index (κ1) is 23.1. The maximum absolute atomic E-state index is 11.4. The van der Waals surface area contributed by atoms with Crippen LogP contribution in [0.2, 0.25) is 0 Å². The number of anilines is 4. The molecule has 4 N–H and O–H groups in total. The summed E-state index contributed by atoms with van der Waals surface area (Å²) in [5.74, 6) is 0.603. The fourth-order valence-electron chi connectivity index (χ4n) is 4.36. The van der Waals surface area contributed by atoms with Crippen LogP contribution in [0.15, 0.2) is 18.2 Å². The van der Waals surface area contributed by atoms with Crippen LogP contribution in [0, 0.1) is 6.92 Å². The number of aromatic carboxylic acids is 1. The average molecular weight is 498 g/mol. The third-order valence-corrected chi connectivity index (χ3v) is 7.43. The van der Waals surface area contributed by atoms with E-state index in [9.17, 15) is 20.1 Å². The Morgan fingerprint density at radius 3 is 2.26 bits per heavy atom. The van der Waals surface area contributed by atoms with Gasteiger partial charge in [-0.3, -0.25) is 5.32 Å². The fraction of sp³-hybridized carbons (Fsp3) is 0.391. The number of rotatable bonds is 5. The van der Waals surface area contributed by atoms with Crippen LogP contribution in [0.25, 0.3) is 0 Å². The van der Waals surface area contributed by atoms with Gasteiger partial charge in [-0.2, -0.15) is 9.97 Å². The van der Waals surface area contributed by atoms with Crippen LogP contribution in [0.1, 0.15) is 26.5 Å². The number of phenols is 2. The average Bonchev–Trinajstić information content (AvgIpc) is 3.20. The molecule has 4 heterocycles. The van der Waals surface area contributed by atoms with Crippen LogP contribution < -0.4 is 15.1 Å². The number of carboxylic acids is 1. The lowest BCUT2D eigenvalue weighted by Gasteiger charge is -2.34. The zero-order valence-electron chi connectivity index (χ0n) is 19.5. The number of fused-ring (bicyclic) bond motifs is 1. The number of nitrogens with one attached hydrogen (secondary N) is 1. The molecule has 1 saturated heterocycles. The number of piperazine rings is 1. The number of hydrogen-bond donors (Lipinski definition) is 4. The molecule has 5 rings (SSSR count). The maximum atomic E-state index is 11.4. The molecule has 184 valence electrons. The quantitative estimate of drug-likeness (QED) is 0.387. The van der Waals surface area contributed by atoms with Gasteiger partial charge in [0, 0.05) is 45.3 Å². The van der Waals surface area contributed by atoms with Gasteiger partial charge in [0.25, 0.3) is 0 Å². The van der Waals surface area contributed by atoms with Gasteiger partial charge in [-0.15, -0.1) is 0 Å². The van der Waals surface area contributed by atoms with Crippen molar-refractivity contribution in [3.8, 4) is 11.5 Å². The largest absolute Gasteiger partial charge is 0.504 e. The summed E-state index contributed by atoms with van der Waals surface area (Å²) in [6.45, 7) is 6.40. The fourth-order valence-corrected chi connectivity index (χ4v) is 5.16. The van der Waals surface area contributed by atoms with Gasteiger partial charge in [0.05, 0.1) is 5.69 Å². The van der Waals surface area contributed by atoms with E-state index in [4.69, 9.17) is 9.97 Å². The minimum Gasteiger partial charge on any atom is -0.504 e. The smallest absolute Gasteiger partial charge is 0.347 e. The third-order valence-electron chi connectivity index (χ3n) is 6.37. The summed E-state index contributed by atoms with van der Waals surface area (Å²) < 4.78 is 0. The molecule has 12 heteroatoms. The van der Waals surface area contributed by atoms with Crippen LogP contribution in [0.4, 0.5) is 22.7 Å². The second-order valence-corrected chi connectivity index (χ2v) is 9.84. The van der Waals surface area contributed by atoms with E-state index in [1.165, 1.54) is 0 Å². The van der Waals surface area contributed by atoms with Crippen molar-refractivity contribution in [3.05, 3.63) is 39.9 Å². The number of likely N-dealkylation sites (N-methyl/N-ethyl adjacent to an activating group) is 1. The van der Waals surface area contributed by atoms with Crippen molar-refractivity contribution < 1.29 is 20.1 Å². The zero-order chi connectivity index (χ0) is 24.7. The van der Waals surface area contributed by atoms with Gasteiger partial charge < -0.3 is 30.0 Å². The number of aromatic nitrogens is 3. The van der Waals surface area contributed by atoms with Gasteiger partial charge >= 0.3 is 5.97 Å². The summed E-state index contributed by atoms with van der Waals surface area (Å²) in [7, 11) is 2.10. The maximum Gasteiger partial charge on any atom is 0.347 e. The minimum absolute atomic E-state index is 0.109.